The van der Waals surface area contributed by atoms with Gasteiger partial charge in [0.2, 0.25) is 0 Å². The summed E-state index contributed by atoms with van der Waals surface area (Å²) in [6.45, 7) is 1.81. The molecule has 0 spiro atoms. The Balaban J connectivity index is 2.57. The zero-order chi connectivity index (χ0) is 9.19. The van der Waals surface area contributed by atoms with E-state index in [1.807, 2.05) is 6.92 Å². The van der Waals surface area contributed by atoms with Crippen LogP contribution in [0.15, 0.2) is 0 Å². The van der Waals surface area contributed by atoms with E-state index < -0.39 is 8.77 Å². The van der Waals surface area contributed by atoms with E-state index >= 15 is 0 Å². The first-order chi connectivity index (χ1) is 5.52. The van der Waals surface area contributed by atoms with Gasteiger partial charge in [0.1, 0.15) is 8.77 Å². The summed E-state index contributed by atoms with van der Waals surface area (Å²) < 4.78 is 20.3. The van der Waals surface area contributed by atoms with Gasteiger partial charge in [0.15, 0.2) is 0 Å². The summed E-state index contributed by atoms with van der Waals surface area (Å²) in [5.74, 6) is 0.383. The highest BCUT2D eigenvalue weighted by atomic mass is 32.8. The molecule has 1 fully saturated rings. The van der Waals surface area contributed by atoms with Gasteiger partial charge in [0.05, 0.1) is 5.25 Å². The van der Waals surface area contributed by atoms with Crippen LogP contribution in [0.3, 0.4) is 0 Å². The van der Waals surface area contributed by atoms with E-state index in [0.29, 0.717) is 5.92 Å². The predicted octanol–water partition coefficient (Wildman–Crippen LogP) is 2.17. The van der Waals surface area contributed by atoms with Crippen molar-refractivity contribution in [1.29, 1.82) is 0 Å². The highest BCUT2D eigenvalue weighted by Crippen LogP contribution is 2.29. The van der Waals surface area contributed by atoms with Gasteiger partial charge >= 0.3 is 0 Å². The molecule has 12 heavy (non-hydrogen) atoms. The molecule has 0 saturated heterocycles. The lowest BCUT2D eigenvalue weighted by molar-refractivity contribution is 0.345. The fraction of sp³-hybridized carbons (Fsp3) is 1.00. The predicted molar refractivity (Wildman–Crippen MR) is 54.2 cm³/mol. The van der Waals surface area contributed by atoms with E-state index in [4.69, 9.17) is 0 Å². The van der Waals surface area contributed by atoms with Crippen LogP contribution >= 0.6 is 0 Å². The second kappa shape index (κ2) is 4.03. The van der Waals surface area contributed by atoms with E-state index in [0.717, 1.165) is 12.8 Å². The van der Waals surface area contributed by atoms with Gasteiger partial charge in [-0.15, -0.1) is 0 Å². The maximum Gasteiger partial charge on any atom is 0.144 e. The largest absolute Gasteiger partial charge is 0.305 e. The topological polar surface area (TPSA) is 37.3 Å². The third-order valence-electron chi connectivity index (χ3n) is 2.78. The smallest absolute Gasteiger partial charge is 0.144 e. The first-order valence-corrected chi connectivity index (χ1v) is 6.98. The maximum absolute atomic E-state index is 11.2. The second-order valence-corrected chi connectivity index (χ2v) is 6.82. The van der Waals surface area contributed by atoms with Gasteiger partial charge < -0.3 is 4.55 Å². The minimum atomic E-state index is -2.97. The standard InChI is InChI=1S/C8H16O2S2/c1-7(12(9,10)11)8-5-3-2-4-6-8/h7-8H,2-6H2,1H3,(H,9,10,11). The molecule has 0 aromatic heterocycles. The molecule has 0 aromatic carbocycles. The number of hydrogen-bond donors (Lipinski definition) is 1. The molecule has 0 radical (unpaired) electrons. The van der Waals surface area contributed by atoms with Crippen LogP contribution in [0.5, 0.6) is 0 Å². The van der Waals surface area contributed by atoms with Crippen LogP contribution < -0.4 is 0 Å². The average molecular weight is 208 g/mol. The molecule has 1 aliphatic rings. The van der Waals surface area contributed by atoms with Crippen LogP contribution in [0.1, 0.15) is 39.0 Å². The third kappa shape index (κ3) is 2.68. The molecule has 72 valence electrons. The molecule has 0 bridgehead atoms. The van der Waals surface area contributed by atoms with Crippen molar-refractivity contribution in [3.8, 4) is 0 Å². The van der Waals surface area contributed by atoms with Crippen LogP contribution in [-0.2, 0) is 20.0 Å². The van der Waals surface area contributed by atoms with Crippen LogP contribution in [0.4, 0.5) is 0 Å². The summed E-state index contributed by atoms with van der Waals surface area (Å²) in [4.78, 5) is 0. The quantitative estimate of drug-likeness (QED) is 0.755. The maximum atomic E-state index is 11.2. The molecular formula is C8H16O2S2. The summed E-state index contributed by atoms with van der Waals surface area (Å²) in [7, 11) is -2.97. The van der Waals surface area contributed by atoms with Gasteiger partial charge in [-0.05, 0) is 25.7 Å². The van der Waals surface area contributed by atoms with E-state index in [-0.39, 0.29) is 5.25 Å². The monoisotopic (exact) mass is 208 g/mol. The lowest BCUT2D eigenvalue weighted by atomic mass is 9.87. The molecule has 0 aromatic rings. The minimum absolute atomic E-state index is 0.201. The normalized spacial score (nSPS) is 27.8. The summed E-state index contributed by atoms with van der Waals surface area (Å²) in [5, 5.41) is -0.201. The molecule has 1 N–H and O–H groups in total. The van der Waals surface area contributed by atoms with Crippen molar-refractivity contribution in [2.75, 3.05) is 0 Å². The molecule has 0 heterocycles. The van der Waals surface area contributed by atoms with Crippen molar-refractivity contribution in [3.05, 3.63) is 0 Å². The van der Waals surface area contributed by atoms with Crippen LogP contribution in [0.25, 0.3) is 0 Å². The summed E-state index contributed by atoms with van der Waals surface area (Å²) in [6, 6.07) is 0. The lowest BCUT2D eigenvalue weighted by Gasteiger charge is -2.26. The van der Waals surface area contributed by atoms with E-state index in [2.05, 4.69) is 11.2 Å². The SMILES string of the molecule is CC(C1CCCCC1)S(=O)(O)=S. The average Bonchev–Trinajstić information content (AvgIpc) is 2.03. The Morgan fingerprint density at radius 2 is 1.92 bits per heavy atom. The van der Waals surface area contributed by atoms with Crippen LogP contribution in [0, 0.1) is 5.92 Å². The fourth-order valence-electron chi connectivity index (χ4n) is 1.85. The van der Waals surface area contributed by atoms with Gasteiger partial charge in [0, 0.05) is 11.2 Å². The van der Waals surface area contributed by atoms with Gasteiger partial charge in [-0.25, -0.2) is 4.21 Å². The first kappa shape index (κ1) is 10.4. The number of hydrogen-bond acceptors (Lipinski definition) is 2. The third-order valence-corrected chi connectivity index (χ3v) is 5.02. The summed E-state index contributed by atoms with van der Waals surface area (Å²) in [6.07, 6.45) is 5.82. The molecular weight excluding hydrogens is 192 g/mol. The van der Waals surface area contributed by atoms with E-state index in [1.54, 1.807) is 0 Å². The summed E-state index contributed by atoms with van der Waals surface area (Å²) in [5.41, 5.74) is 0. The second-order valence-electron chi connectivity index (χ2n) is 3.62. The molecule has 1 rings (SSSR count). The van der Waals surface area contributed by atoms with Crippen molar-refractivity contribution in [1.82, 2.24) is 0 Å². The Kier molecular flexibility index (Phi) is 3.49. The fourth-order valence-corrected chi connectivity index (χ4v) is 3.08. The van der Waals surface area contributed by atoms with Crippen molar-refractivity contribution in [2.24, 2.45) is 5.92 Å². The van der Waals surface area contributed by atoms with Gasteiger partial charge in [-0.2, -0.15) is 0 Å². The van der Waals surface area contributed by atoms with E-state index in [9.17, 15) is 8.76 Å². The summed E-state index contributed by atoms with van der Waals surface area (Å²) >= 11 is 4.57. The number of rotatable bonds is 2. The molecule has 0 aliphatic heterocycles. The molecule has 2 nitrogen and oxygen atoms in total. The van der Waals surface area contributed by atoms with Gasteiger partial charge in [-0.1, -0.05) is 19.3 Å². The molecule has 2 atom stereocenters. The zero-order valence-electron chi connectivity index (χ0n) is 7.36. The van der Waals surface area contributed by atoms with Gasteiger partial charge in [-0.3, -0.25) is 0 Å². The van der Waals surface area contributed by atoms with Crippen molar-refractivity contribution in [3.63, 3.8) is 0 Å². The van der Waals surface area contributed by atoms with E-state index in [1.165, 1.54) is 19.3 Å². The lowest BCUT2D eigenvalue weighted by Crippen LogP contribution is -2.27. The molecule has 4 heteroatoms. The van der Waals surface area contributed by atoms with Crippen LogP contribution in [-0.4, -0.2) is 14.0 Å². The highest BCUT2D eigenvalue weighted by molar-refractivity contribution is 8.30. The first-order valence-electron chi connectivity index (χ1n) is 4.48. The molecule has 1 aliphatic carbocycles. The zero-order valence-corrected chi connectivity index (χ0v) is 9.00. The molecule has 1 saturated carbocycles. The Bertz CT molecular complexity index is 227. The Morgan fingerprint density at radius 1 is 1.42 bits per heavy atom. The van der Waals surface area contributed by atoms with Crippen molar-refractivity contribution < 1.29 is 8.76 Å². The van der Waals surface area contributed by atoms with Crippen molar-refractivity contribution in [2.45, 2.75) is 44.3 Å². The van der Waals surface area contributed by atoms with Crippen molar-refractivity contribution >= 4 is 20.0 Å². The Hall–Kier alpha value is 0.330. The minimum Gasteiger partial charge on any atom is -0.305 e. The Morgan fingerprint density at radius 3 is 2.33 bits per heavy atom. The molecule has 0 amide bonds. The molecule has 2 unspecified atom stereocenters. The van der Waals surface area contributed by atoms with Crippen LogP contribution in [0.2, 0.25) is 0 Å². The van der Waals surface area contributed by atoms with Gasteiger partial charge in [0.25, 0.3) is 0 Å². The highest BCUT2D eigenvalue weighted by Gasteiger charge is 2.26. The Labute approximate surface area is 79.2 Å².